The Balaban J connectivity index is 1.44. The van der Waals surface area contributed by atoms with Crippen LogP contribution in [0.3, 0.4) is 0 Å². The van der Waals surface area contributed by atoms with Crippen LogP contribution in [-0.2, 0) is 14.4 Å². The summed E-state index contributed by atoms with van der Waals surface area (Å²) in [6, 6.07) is 5.78. The molecule has 1 fully saturated rings. The van der Waals surface area contributed by atoms with Gasteiger partial charge < -0.3 is 20.5 Å². The first-order valence-corrected chi connectivity index (χ1v) is 10.1. The number of amidine groups is 1. The van der Waals surface area contributed by atoms with E-state index in [-0.39, 0.29) is 35.5 Å². The predicted octanol–water partition coefficient (Wildman–Crippen LogP) is 1.22. The molecular formula is C17H16Cl2N4O5S. The molecule has 3 rings (SSSR count). The molecule has 4 N–H and O–H groups in total. The van der Waals surface area contributed by atoms with Crippen molar-refractivity contribution in [1.29, 1.82) is 5.41 Å². The summed E-state index contributed by atoms with van der Waals surface area (Å²) in [6.07, 6.45) is 0. The van der Waals surface area contributed by atoms with E-state index in [0.717, 1.165) is 4.90 Å². The number of nitrogens with zero attached hydrogens (tertiary/aromatic N) is 1. The topological polar surface area (TPSA) is 132 Å². The Hall–Kier alpha value is -2.43. The van der Waals surface area contributed by atoms with Crippen LogP contribution < -0.4 is 15.4 Å². The summed E-state index contributed by atoms with van der Waals surface area (Å²) >= 11 is 13.0. The van der Waals surface area contributed by atoms with Gasteiger partial charge in [-0.1, -0.05) is 23.2 Å². The number of carbonyl (C=O) groups excluding carboxylic acids is 2. The van der Waals surface area contributed by atoms with E-state index >= 15 is 0 Å². The van der Waals surface area contributed by atoms with E-state index in [9.17, 15) is 19.5 Å². The summed E-state index contributed by atoms with van der Waals surface area (Å²) in [5, 5.41) is 22.3. The van der Waals surface area contributed by atoms with Crippen LogP contribution in [0, 0.1) is 5.41 Å². The number of nitrogens with one attached hydrogen (secondary N) is 3. The van der Waals surface area contributed by atoms with Crippen molar-refractivity contribution in [3.63, 3.8) is 0 Å². The first-order chi connectivity index (χ1) is 13.8. The zero-order valence-corrected chi connectivity index (χ0v) is 17.1. The minimum atomic E-state index is -1.28. The first-order valence-electron chi connectivity index (χ1n) is 8.33. The highest BCUT2D eigenvalue weighted by Crippen LogP contribution is 2.41. The minimum absolute atomic E-state index is 0.0217. The Labute approximate surface area is 179 Å². The van der Waals surface area contributed by atoms with Crippen molar-refractivity contribution in [1.82, 2.24) is 15.5 Å². The number of ether oxygens (including phenoxy) is 1. The van der Waals surface area contributed by atoms with E-state index in [1.54, 1.807) is 24.3 Å². The van der Waals surface area contributed by atoms with Crippen LogP contribution in [0.5, 0.6) is 5.75 Å². The summed E-state index contributed by atoms with van der Waals surface area (Å²) in [5.41, 5.74) is -0.245. The Morgan fingerprint density at radius 2 is 2.00 bits per heavy atom. The number of rotatable bonds is 7. The number of thioether (sulfide) groups is 1. The number of aliphatic carboxylic acids is 1. The largest absolute Gasteiger partial charge is 0.486 e. The van der Waals surface area contributed by atoms with Gasteiger partial charge in [0, 0.05) is 10.8 Å². The van der Waals surface area contributed by atoms with Gasteiger partial charge in [0.15, 0.2) is 0 Å². The fourth-order valence-electron chi connectivity index (χ4n) is 2.73. The second kappa shape index (κ2) is 8.93. The predicted molar refractivity (Wildman–Crippen MR) is 108 cm³/mol. The van der Waals surface area contributed by atoms with Crippen molar-refractivity contribution in [2.75, 3.05) is 18.9 Å². The molecule has 1 aromatic rings. The molecule has 0 saturated carbocycles. The number of β-lactam (4-membered cyclic amide) rings is 1. The molecule has 2 amide bonds. The van der Waals surface area contributed by atoms with Gasteiger partial charge in [-0.25, -0.2) is 4.79 Å². The van der Waals surface area contributed by atoms with Gasteiger partial charge in [0.05, 0.1) is 11.6 Å². The van der Waals surface area contributed by atoms with Gasteiger partial charge >= 0.3 is 5.97 Å². The van der Waals surface area contributed by atoms with Crippen LogP contribution in [-0.4, -0.2) is 63.9 Å². The number of fused-ring (bicyclic) bond motifs is 1. The lowest BCUT2D eigenvalue weighted by molar-refractivity contribution is -0.150. The van der Waals surface area contributed by atoms with E-state index in [4.69, 9.17) is 33.3 Å². The van der Waals surface area contributed by atoms with Crippen LogP contribution in [0.4, 0.5) is 0 Å². The maximum absolute atomic E-state index is 12.3. The Kier molecular flexibility index (Phi) is 6.56. The molecule has 2 atom stereocenters. The molecule has 2 aliphatic heterocycles. The molecule has 1 aromatic carbocycles. The molecule has 1 unspecified atom stereocenters. The van der Waals surface area contributed by atoms with Crippen molar-refractivity contribution >= 4 is 58.6 Å². The lowest BCUT2D eigenvalue weighted by atomic mass is 10.1. The van der Waals surface area contributed by atoms with Gasteiger partial charge in [0.25, 0.3) is 5.91 Å². The molecule has 0 bridgehead atoms. The molecule has 1 saturated heterocycles. The third-order valence-electron chi connectivity index (χ3n) is 4.10. The molecule has 9 nitrogen and oxygen atoms in total. The third-order valence-corrected chi connectivity index (χ3v) is 6.10. The molecule has 154 valence electrons. The molecule has 0 aliphatic carbocycles. The molecule has 0 spiro atoms. The monoisotopic (exact) mass is 458 g/mol. The Bertz CT molecular complexity index is 892. The van der Waals surface area contributed by atoms with Gasteiger partial charge in [-0.3, -0.25) is 19.9 Å². The quantitative estimate of drug-likeness (QED) is 0.274. The van der Waals surface area contributed by atoms with Gasteiger partial charge in [0.1, 0.15) is 35.3 Å². The highest BCUT2D eigenvalue weighted by atomic mass is 35.5. The molecular weight excluding hydrogens is 443 g/mol. The standard InChI is InChI=1S/C17H16Cl2N4O5S/c18-8-1-3-9(4-2-8)28-6-11(20)21-5-12(24)22-13-15(25)23-14(17(26)27)10(19)7-29-16(13)23/h1-4,13,16H,5-7H2,(H2,20,21)(H,22,24)(H,26,27)/t13?,16-/m0/s1. The van der Waals surface area contributed by atoms with Crippen molar-refractivity contribution in [3.8, 4) is 5.75 Å². The SMILES string of the molecule is N=C(COc1ccc(Cl)cc1)NCC(=O)NC1C(=O)N2C(C(=O)O)=C(Cl)CS[C@@H]12. The lowest BCUT2D eigenvalue weighted by Gasteiger charge is -2.48. The molecule has 2 aliphatic rings. The van der Waals surface area contributed by atoms with E-state index in [2.05, 4.69) is 10.6 Å². The number of benzene rings is 1. The smallest absolute Gasteiger partial charge is 0.353 e. The molecule has 12 heteroatoms. The van der Waals surface area contributed by atoms with Gasteiger partial charge in [-0.05, 0) is 24.3 Å². The number of carboxylic acids is 1. The van der Waals surface area contributed by atoms with Crippen LogP contribution in [0.2, 0.25) is 5.02 Å². The molecule has 2 heterocycles. The highest BCUT2D eigenvalue weighted by Gasteiger charge is 2.54. The molecule has 29 heavy (non-hydrogen) atoms. The maximum atomic E-state index is 12.3. The second-order valence-corrected chi connectivity index (χ2v) is 8.09. The van der Waals surface area contributed by atoms with Crippen molar-refractivity contribution < 1.29 is 24.2 Å². The number of carboxylic acid groups (broad SMARTS) is 1. The van der Waals surface area contributed by atoms with E-state index in [1.165, 1.54) is 11.8 Å². The summed E-state index contributed by atoms with van der Waals surface area (Å²) < 4.78 is 5.39. The van der Waals surface area contributed by atoms with Gasteiger partial charge in [-0.2, -0.15) is 0 Å². The van der Waals surface area contributed by atoms with Crippen molar-refractivity contribution in [3.05, 3.63) is 40.0 Å². The average molecular weight is 459 g/mol. The lowest BCUT2D eigenvalue weighted by Crippen LogP contribution is -2.70. The minimum Gasteiger partial charge on any atom is -0.486 e. The number of hydrogen-bond donors (Lipinski definition) is 4. The zero-order valence-electron chi connectivity index (χ0n) is 14.8. The third kappa shape index (κ3) is 4.77. The van der Waals surface area contributed by atoms with E-state index < -0.39 is 29.2 Å². The van der Waals surface area contributed by atoms with Crippen molar-refractivity contribution in [2.24, 2.45) is 0 Å². The highest BCUT2D eigenvalue weighted by molar-refractivity contribution is 8.00. The van der Waals surface area contributed by atoms with Crippen molar-refractivity contribution in [2.45, 2.75) is 11.4 Å². The number of halogens is 2. The normalized spacial score (nSPS) is 20.5. The number of carbonyl (C=O) groups is 3. The molecule has 0 radical (unpaired) electrons. The molecule has 0 aromatic heterocycles. The van der Waals surface area contributed by atoms with Crippen LogP contribution in [0.25, 0.3) is 0 Å². The Morgan fingerprint density at radius 1 is 1.31 bits per heavy atom. The van der Waals surface area contributed by atoms with Crippen LogP contribution in [0.1, 0.15) is 0 Å². The summed E-state index contributed by atoms with van der Waals surface area (Å²) in [6.45, 7) is -0.304. The average Bonchev–Trinajstić information content (AvgIpc) is 2.69. The number of hydrogen-bond acceptors (Lipinski definition) is 6. The number of amides is 2. The van der Waals surface area contributed by atoms with Gasteiger partial charge in [0.2, 0.25) is 5.91 Å². The van der Waals surface area contributed by atoms with Gasteiger partial charge in [-0.15, -0.1) is 11.8 Å². The van der Waals surface area contributed by atoms with E-state index in [1.807, 2.05) is 0 Å². The summed E-state index contributed by atoms with van der Waals surface area (Å²) in [4.78, 5) is 36.8. The zero-order chi connectivity index (χ0) is 21.1. The fourth-order valence-corrected chi connectivity index (χ4v) is 4.41. The fraction of sp³-hybridized carbons (Fsp3) is 0.294. The summed E-state index contributed by atoms with van der Waals surface area (Å²) in [5.74, 6) is -1.57. The van der Waals surface area contributed by atoms with Crippen LogP contribution >= 0.6 is 35.0 Å². The summed E-state index contributed by atoms with van der Waals surface area (Å²) in [7, 11) is 0. The first kappa shape index (κ1) is 21.3. The van der Waals surface area contributed by atoms with Crippen LogP contribution in [0.15, 0.2) is 35.0 Å². The second-order valence-electron chi connectivity index (χ2n) is 6.09. The Morgan fingerprint density at radius 3 is 2.66 bits per heavy atom. The van der Waals surface area contributed by atoms with E-state index in [0.29, 0.717) is 10.8 Å². The maximum Gasteiger partial charge on any atom is 0.353 e.